The SMILES string of the molecule is COc1nc(Cl)c(F)c2nc(SC)nc(N(Cc3ccccc3)CC3CC3)c12. The van der Waals surface area contributed by atoms with Gasteiger partial charge in [-0.25, -0.2) is 14.4 Å². The van der Waals surface area contributed by atoms with Gasteiger partial charge in [0.1, 0.15) is 16.7 Å². The average Bonchev–Trinajstić information content (AvgIpc) is 3.54. The molecular formula is C20H20ClFN4OS. The largest absolute Gasteiger partial charge is 0.480 e. The fraction of sp³-hybridized carbons (Fsp3) is 0.350. The molecule has 4 rings (SSSR count). The van der Waals surface area contributed by atoms with Crippen LogP contribution in [0.1, 0.15) is 18.4 Å². The first-order chi connectivity index (χ1) is 13.6. The summed E-state index contributed by atoms with van der Waals surface area (Å²) in [6, 6.07) is 10.2. The quantitative estimate of drug-likeness (QED) is 0.307. The number of thioether (sulfide) groups is 1. The van der Waals surface area contributed by atoms with E-state index in [0.717, 1.165) is 12.1 Å². The molecule has 3 aromatic rings. The van der Waals surface area contributed by atoms with Gasteiger partial charge in [-0.1, -0.05) is 53.7 Å². The molecule has 0 radical (unpaired) electrons. The Hall–Kier alpha value is -2.12. The van der Waals surface area contributed by atoms with Crippen LogP contribution in [-0.2, 0) is 6.54 Å². The second-order valence-corrected chi connectivity index (χ2v) is 7.92. The van der Waals surface area contributed by atoms with E-state index in [1.807, 2.05) is 24.5 Å². The van der Waals surface area contributed by atoms with Gasteiger partial charge < -0.3 is 9.64 Å². The minimum Gasteiger partial charge on any atom is -0.480 e. The van der Waals surface area contributed by atoms with E-state index in [9.17, 15) is 4.39 Å². The van der Waals surface area contributed by atoms with Gasteiger partial charge >= 0.3 is 0 Å². The molecule has 1 saturated carbocycles. The lowest BCUT2D eigenvalue weighted by molar-refractivity contribution is 0.401. The van der Waals surface area contributed by atoms with Crippen LogP contribution in [-0.4, -0.2) is 34.9 Å². The fourth-order valence-electron chi connectivity index (χ4n) is 3.19. The molecule has 0 amide bonds. The van der Waals surface area contributed by atoms with Gasteiger partial charge in [-0.3, -0.25) is 0 Å². The second-order valence-electron chi connectivity index (χ2n) is 6.79. The molecule has 0 aliphatic heterocycles. The summed E-state index contributed by atoms with van der Waals surface area (Å²) in [5, 5.41) is 0.691. The van der Waals surface area contributed by atoms with Crippen LogP contribution in [0.3, 0.4) is 0 Å². The Morgan fingerprint density at radius 3 is 2.61 bits per heavy atom. The van der Waals surface area contributed by atoms with Gasteiger partial charge in [0.15, 0.2) is 16.1 Å². The van der Waals surface area contributed by atoms with Crippen molar-refractivity contribution in [1.82, 2.24) is 15.0 Å². The lowest BCUT2D eigenvalue weighted by Crippen LogP contribution is -2.27. The summed E-state index contributed by atoms with van der Waals surface area (Å²) in [7, 11) is 1.49. The maximum atomic E-state index is 14.8. The molecule has 1 aliphatic carbocycles. The number of anilines is 1. The monoisotopic (exact) mass is 418 g/mol. The molecule has 146 valence electrons. The number of hydrogen-bond donors (Lipinski definition) is 0. The Bertz CT molecular complexity index is 1000. The van der Waals surface area contributed by atoms with Crippen LogP contribution in [0.25, 0.3) is 10.9 Å². The zero-order valence-corrected chi connectivity index (χ0v) is 17.2. The first-order valence-electron chi connectivity index (χ1n) is 9.04. The van der Waals surface area contributed by atoms with Crippen LogP contribution in [0.15, 0.2) is 35.5 Å². The van der Waals surface area contributed by atoms with Gasteiger partial charge in [-0.15, -0.1) is 0 Å². The highest BCUT2D eigenvalue weighted by molar-refractivity contribution is 7.98. The standard InChI is InChI=1S/C20H20ClFN4OS/c1-27-19-14-16(15(22)17(21)24-19)23-20(28-2)25-18(14)26(11-13-8-9-13)10-12-6-4-3-5-7-12/h3-7,13H,8-11H2,1-2H3. The van der Waals surface area contributed by atoms with Crippen molar-refractivity contribution in [2.24, 2.45) is 5.92 Å². The van der Waals surface area contributed by atoms with Gasteiger partial charge in [0.25, 0.3) is 0 Å². The van der Waals surface area contributed by atoms with Crippen LogP contribution >= 0.6 is 23.4 Å². The van der Waals surface area contributed by atoms with Gasteiger partial charge in [0, 0.05) is 13.1 Å². The molecule has 1 aromatic carbocycles. The Kier molecular flexibility index (Phi) is 5.55. The van der Waals surface area contributed by atoms with Crippen molar-refractivity contribution in [3.63, 3.8) is 0 Å². The summed E-state index contributed by atoms with van der Waals surface area (Å²) < 4.78 is 20.2. The third kappa shape index (κ3) is 3.86. The molecular weight excluding hydrogens is 399 g/mol. The van der Waals surface area contributed by atoms with Crippen molar-refractivity contribution in [2.75, 3.05) is 24.8 Å². The number of halogens is 2. The van der Waals surface area contributed by atoms with Gasteiger partial charge in [-0.2, -0.15) is 4.98 Å². The number of fused-ring (bicyclic) bond motifs is 1. The summed E-state index contributed by atoms with van der Waals surface area (Å²) in [4.78, 5) is 15.3. The zero-order chi connectivity index (χ0) is 19.7. The number of ether oxygens (including phenoxy) is 1. The third-order valence-corrected chi connectivity index (χ3v) is 5.54. The van der Waals surface area contributed by atoms with Crippen molar-refractivity contribution < 1.29 is 9.13 Å². The molecule has 8 heteroatoms. The highest BCUT2D eigenvalue weighted by atomic mass is 35.5. The normalized spacial score (nSPS) is 13.7. The molecule has 28 heavy (non-hydrogen) atoms. The number of hydrogen-bond acceptors (Lipinski definition) is 6. The topological polar surface area (TPSA) is 51.1 Å². The Morgan fingerprint density at radius 2 is 1.96 bits per heavy atom. The number of nitrogens with zero attached hydrogens (tertiary/aromatic N) is 4. The highest BCUT2D eigenvalue weighted by Crippen LogP contribution is 2.39. The molecule has 1 aliphatic rings. The van der Waals surface area contributed by atoms with Crippen molar-refractivity contribution in [3.8, 4) is 5.88 Å². The number of benzene rings is 1. The van der Waals surface area contributed by atoms with Crippen LogP contribution < -0.4 is 9.64 Å². The number of aromatic nitrogens is 3. The van der Waals surface area contributed by atoms with E-state index in [1.54, 1.807) is 0 Å². The molecule has 0 bridgehead atoms. The van der Waals surface area contributed by atoms with Crippen molar-refractivity contribution in [3.05, 3.63) is 46.9 Å². The maximum Gasteiger partial charge on any atom is 0.228 e. The van der Waals surface area contributed by atoms with E-state index in [0.29, 0.717) is 28.8 Å². The first-order valence-corrected chi connectivity index (χ1v) is 10.6. The van der Waals surface area contributed by atoms with E-state index < -0.39 is 5.82 Å². The molecule has 2 aromatic heterocycles. The minimum absolute atomic E-state index is 0.139. The molecule has 0 atom stereocenters. The first kappa shape index (κ1) is 19.2. The Labute approximate surface area is 172 Å². The number of pyridine rings is 1. The summed E-state index contributed by atoms with van der Waals surface area (Å²) in [5.74, 6) is 0.827. The van der Waals surface area contributed by atoms with Gasteiger partial charge in [-0.05, 0) is 30.6 Å². The van der Waals surface area contributed by atoms with E-state index in [1.165, 1.54) is 31.7 Å². The minimum atomic E-state index is -0.650. The summed E-state index contributed by atoms with van der Waals surface area (Å²) in [5.41, 5.74) is 1.29. The third-order valence-electron chi connectivity index (χ3n) is 4.74. The van der Waals surface area contributed by atoms with E-state index in [2.05, 4.69) is 27.0 Å². The van der Waals surface area contributed by atoms with Crippen LogP contribution in [0.4, 0.5) is 10.2 Å². The Morgan fingerprint density at radius 1 is 1.21 bits per heavy atom. The fourth-order valence-corrected chi connectivity index (χ4v) is 3.71. The molecule has 1 fully saturated rings. The lowest BCUT2D eigenvalue weighted by Gasteiger charge is -2.26. The molecule has 5 nitrogen and oxygen atoms in total. The molecule has 0 N–H and O–H groups in total. The van der Waals surface area contributed by atoms with E-state index in [-0.39, 0.29) is 16.5 Å². The van der Waals surface area contributed by atoms with E-state index >= 15 is 0 Å². The van der Waals surface area contributed by atoms with Crippen LogP contribution in [0.2, 0.25) is 5.15 Å². The summed E-state index contributed by atoms with van der Waals surface area (Å²) in [6.07, 6.45) is 4.25. The van der Waals surface area contributed by atoms with Crippen LogP contribution in [0, 0.1) is 11.7 Å². The summed E-state index contributed by atoms with van der Waals surface area (Å²) in [6.45, 7) is 1.49. The molecule has 0 saturated heterocycles. The zero-order valence-electron chi connectivity index (χ0n) is 15.7. The molecule has 2 heterocycles. The van der Waals surface area contributed by atoms with Crippen LogP contribution in [0.5, 0.6) is 5.88 Å². The van der Waals surface area contributed by atoms with E-state index in [4.69, 9.17) is 21.3 Å². The summed E-state index contributed by atoms with van der Waals surface area (Å²) >= 11 is 7.34. The van der Waals surface area contributed by atoms with Gasteiger partial charge in [0.2, 0.25) is 5.88 Å². The number of rotatable bonds is 7. The molecule has 0 unspecified atom stereocenters. The van der Waals surface area contributed by atoms with Crippen molar-refractivity contribution >= 4 is 40.1 Å². The second kappa shape index (κ2) is 8.09. The van der Waals surface area contributed by atoms with Gasteiger partial charge in [0.05, 0.1) is 7.11 Å². The predicted octanol–water partition coefficient (Wildman–Crippen LogP) is 4.96. The number of methoxy groups -OCH3 is 1. The maximum absolute atomic E-state index is 14.8. The smallest absolute Gasteiger partial charge is 0.228 e. The Balaban J connectivity index is 1.91. The van der Waals surface area contributed by atoms with Crippen molar-refractivity contribution in [1.29, 1.82) is 0 Å². The molecule has 0 spiro atoms. The van der Waals surface area contributed by atoms with Crippen molar-refractivity contribution in [2.45, 2.75) is 24.5 Å². The lowest BCUT2D eigenvalue weighted by atomic mass is 10.2. The highest BCUT2D eigenvalue weighted by Gasteiger charge is 2.29. The average molecular weight is 419 g/mol. The predicted molar refractivity (Wildman–Crippen MR) is 111 cm³/mol.